The van der Waals surface area contributed by atoms with Crippen LogP contribution in [0.25, 0.3) is 10.9 Å². The summed E-state index contributed by atoms with van der Waals surface area (Å²) in [6, 6.07) is 4.90. The van der Waals surface area contributed by atoms with Crippen molar-refractivity contribution in [2.24, 2.45) is 0 Å². The molecule has 0 bridgehead atoms. The highest BCUT2D eigenvalue weighted by Gasteiger charge is 2.13. The number of aromatic amines is 1. The number of ether oxygens (including phenoxy) is 1. The van der Waals surface area contributed by atoms with Crippen LogP contribution in [0.1, 0.15) is 16.2 Å². The van der Waals surface area contributed by atoms with E-state index >= 15 is 0 Å². The minimum Gasteiger partial charge on any atom is -0.379 e. The Labute approximate surface area is 127 Å². The second-order valence-corrected chi connectivity index (χ2v) is 5.21. The molecule has 0 saturated carbocycles. The van der Waals surface area contributed by atoms with Gasteiger partial charge >= 0.3 is 0 Å². The molecule has 2 heterocycles. The van der Waals surface area contributed by atoms with Crippen LogP contribution in [0.3, 0.4) is 0 Å². The van der Waals surface area contributed by atoms with E-state index in [2.05, 4.69) is 20.2 Å². The van der Waals surface area contributed by atoms with Crippen LogP contribution in [0.15, 0.2) is 23.0 Å². The number of nitrogens with one attached hydrogen (secondary N) is 2. The van der Waals surface area contributed by atoms with Gasteiger partial charge in [0.25, 0.3) is 11.5 Å². The number of benzene rings is 1. The number of hydrogen-bond donors (Lipinski definition) is 2. The molecule has 0 radical (unpaired) electrons. The molecule has 2 N–H and O–H groups in total. The highest BCUT2D eigenvalue weighted by molar-refractivity contribution is 5.97. The number of fused-ring (bicyclic) bond motifs is 1. The third kappa shape index (κ3) is 3.00. The fourth-order valence-corrected chi connectivity index (χ4v) is 2.52. The van der Waals surface area contributed by atoms with Crippen LogP contribution >= 0.6 is 0 Å². The monoisotopic (exact) mass is 302 g/mol. The second-order valence-electron chi connectivity index (χ2n) is 5.21. The Hall–Kier alpha value is -2.25. The SMILES string of the molecule is CNC(=O)c1ccc2c(=O)[nH]c(CN3CCOCC3)nc2c1. The van der Waals surface area contributed by atoms with Crippen molar-refractivity contribution in [3.05, 3.63) is 39.9 Å². The van der Waals surface area contributed by atoms with E-state index in [1.165, 1.54) is 0 Å². The van der Waals surface area contributed by atoms with E-state index in [1.807, 2.05) is 0 Å². The molecule has 1 fully saturated rings. The lowest BCUT2D eigenvalue weighted by Gasteiger charge is -2.25. The van der Waals surface area contributed by atoms with Crippen LogP contribution in [-0.2, 0) is 11.3 Å². The van der Waals surface area contributed by atoms with E-state index < -0.39 is 0 Å². The molecule has 0 aliphatic carbocycles. The van der Waals surface area contributed by atoms with Gasteiger partial charge in [-0.2, -0.15) is 0 Å². The zero-order valence-corrected chi connectivity index (χ0v) is 12.4. The van der Waals surface area contributed by atoms with Crippen LogP contribution in [0.5, 0.6) is 0 Å². The predicted molar refractivity (Wildman–Crippen MR) is 81.8 cm³/mol. The van der Waals surface area contributed by atoms with Gasteiger partial charge in [-0.05, 0) is 18.2 Å². The average Bonchev–Trinajstić information content (AvgIpc) is 2.54. The largest absolute Gasteiger partial charge is 0.379 e. The van der Waals surface area contributed by atoms with Gasteiger partial charge in [-0.25, -0.2) is 4.98 Å². The molecule has 2 aromatic rings. The van der Waals surface area contributed by atoms with E-state index in [4.69, 9.17) is 4.74 Å². The van der Waals surface area contributed by atoms with Crippen molar-refractivity contribution in [2.45, 2.75) is 6.54 Å². The number of rotatable bonds is 3. The molecule has 22 heavy (non-hydrogen) atoms. The van der Waals surface area contributed by atoms with E-state index in [0.717, 1.165) is 13.1 Å². The molecule has 0 unspecified atom stereocenters. The molecular weight excluding hydrogens is 284 g/mol. The van der Waals surface area contributed by atoms with E-state index in [1.54, 1.807) is 25.2 Å². The Kier molecular flexibility index (Phi) is 4.17. The maximum atomic E-state index is 12.2. The van der Waals surface area contributed by atoms with Gasteiger partial charge in [0, 0.05) is 25.7 Å². The standard InChI is InChI=1S/C15H18N4O3/c1-16-14(20)10-2-3-11-12(8-10)17-13(18-15(11)21)9-19-4-6-22-7-5-19/h2-3,8H,4-7,9H2,1H3,(H,16,20)(H,17,18,21). The van der Waals surface area contributed by atoms with Crippen molar-refractivity contribution in [1.29, 1.82) is 0 Å². The Morgan fingerprint density at radius 1 is 1.41 bits per heavy atom. The van der Waals surface area contributed by atoms with Crippen LogP contribution in [-0.4, -0.2) is 54.1 Å². The molecule has 116 valence electrons. The molecule has 7 heteroatoms. The number of nitrogens with zero attached hydrogens (tertiary/aromatic N) is 2. The Bertz CT molecular complexity index is 750. The van der Waals surface area contributed by atoms with Crippen molar-refractivity contribution in [3.8, 4) is 0 Å². The number of H-pyrrole nitrogens is 1. The van der Waals surface area contributed by atoms with Crippen LogP contribution < -0.4 is 10.9 Å². The highest BCUT2D eigenvalue weighted by Crippen LogP contribution is 2.11. The summed E-state index contributed by atoms with van der Waals surface area (Å²) in [4.78, 5) is 33.3. The summed E-state index contributed by atoms with van der Waals surface area (Å²) < 4.78 is 5.31. The minimum atomic E-state index is -0.196. The van der Waals surface area contributed by atoms with Gasteiger partial charge < -0.3 is 15.0 Å². The normalized spacial score (nSPS) is 15.9. The summed E-state index contributed by atoms with van der Waals surface area (Å²) in [5.41, 5.74) is 0.843. The van der Waals surface area contributed by atoms with Gasteiger partial charge in [0.15, 0.2) is 0 Å². The lowest BCUT2D eigenvalue weighted by atomic mass is 10.1. The first kappa shape index (κ1) is 14.7. The third-order valence-corrected chi connectivity index (χ3v) is 3.72. The van der Waals surface area contributed by atoms with E-state index in [-0.39, 0.29) is 11.5 Å². The van der Waals surface area contributed by atoms with Gasteiger partial charge in [0.05, 0.1) is 30.7 Å². The van der Waals surface area contributed by atoms with E-state index in [9.17, 15) is 9.59 Å². The summed E-state index contributed by atoms with van der Waals surface area (Å²) >= 11 is 0. The summed E-state index contributed by atoms with van der Waals surface area (Å²) in [6.45, 7) is 3.59. The number of carbonyl (C=O) groups excluding carboxylic acids is 1. The summed E-state index contributed by atoms with van der Waals surface area (Å²) in [7, 11) is 1.57. The molecule has 3 rings (SSSR count). The molecule has 1 aromatic heterocycles. The number of aromatic nitrogens is 2. The zero-order chi connectivity index (χ0) is 15.5. The molecule has 0 spiro atoms. The fraction of sp³-hybridized carbons (Fsp3) is 0.400. The number of carbonyl (C=O) groups is 1. The minimum absolute atomic E-state index is 0.184. The second kappa shape index (κ2) is 6.25. The molecule has 1 aliphatic rings. The zero-order valence-electron chi connectivity index (χ0n) is 12.4. The van der Waals surface area contributed by atoms with Gasteiger partial charge in [-0.1, -0.05) is 0 Å². The topological polar surface area (TPSA) is 87.3 Å². The van der Waals surface area contributed by atoms with Gasteiger partial charge in [-0.3, -0.25) is 14.5 Å². The number of morpholine rings is 1. The Balaban J connectivity index is 1.94. The number of amides is 1. The van der Waals surface area contributed by atoms with Crippen molar-refractivity contribution >= 4 is 16.8 Å². The van der Waals surface area contributed by atoms with Crippen LogP contribution in [0, 0.1) is 0 Å². The molecule has 1 saturated heterocycles. The van der Waals surface area contributed by atoms with Gasteiger partial charge in [0.2, 0.25) is 0 Å². The first-order chi connectivity index (χ1) is 10.7. The van der Waals surface area contributed by atoms with Gasteiger partial charge in [-0.15, -0.1) is 0 Å². The summed E-state index contributed by atoms with van der Waals surface area (Å²) in [6.07, 6.45) is 0. The quantitative estimate of drug-likeness (QED) is 0.840. The maximum Gasteiger partial charge on any atom is 0.258 e. The smallest absolute Gasteiger partial charge is 0.258 e. The Morgan fingerprint density at radius 3 is 2.91 bits per heavy atom. The van der Waals surface area contributed by atoms with Crippen molar-refractivity contribution < 1.29 is 9.53 Å². The van der Waals surface area contributed by atoms with Crippen molar-refractivity contribution in [3.63, 3.8) is 0 Å². The summed E-state index contributed by atoms with van der Waals surface area (Å²) in [5, 5.41) is 3.05. The molecule has 1 aromatic carbocycles. The number of hydrogen-bond acceptors (Lipinski definition) is 5. The van der Waals surface area contributed by atoms with E-state index in [0.29, 0.717) is 42.0 Å². The average molecular weight is 302 g/mol. The third-order valence-electron chi connectivity index (χ3n) is 3.72. The fourth-order valence-electron chi connectivity index (χ4n) is 2.52. The first-order valence-electron chi connectivity index (χ1n) is 7.22. The molecule has 0 atom stereocenters. The molecule has 1 amide bonds. The lowest BCUT2D eigenvalue weighted by Crippen LogP contribution is -2.36. The molecule has 1 aliphatic heterocycles. The molecule has 7 nitrogen and oxygen atoms in total. The van der Waals surface area contributed by atoms with Crippen molar-refractivity contribution in [2.75, 3.05) is 33.4 Å². The highest BCUT2D eigenvalue weighted by atomic mass is 16.5. The van der Waals surface area contributed by atoms with Crippen LogP contribution in [0.2, 0.25) is 0 Å². The molecular formula is C15H18N4O3. The predicted octanol–water partition coefficient (Wildman–Crippen LogP) is 0.115. The summed E-state index contributed by atoms with van der Waals surface area (Å²) in [5.74, 6) is 0.409. The Morgan fingerprint density at radius 2 is 2.18 bits per heavy atom. The lowest BCUT2D eigenvalue weighted by molar-refractivity contribution is 0.0331. The van der Waals surface area contributed by atoms with Crippen LogP contribution in [0.4, 0.5) is 0 Å². The van der Waals surface area contributed by atoms with Gasteiger partial charge in [0.1, 0.15) is 5.82 Å². The van der Waals surface area contributed by atoms with Crippen molar-refractivity contribution in [1.82, 2.24) is 20.2 Å². The first-order valence-corrected chi connectivity index (χ1v) is 7.22. The maximum absolute atomic E-state index is 12.2.